The summed E-state index contributed by atoms with van der Waals surface area (Å²) in [6.07, 6.45) is 6.11. The molecule has 0 heterocycles. The van der Waals surface area contributed by atoms with Gasteiger partial charge >= 0.3 is 76.4 Å². The Morgan fingerprint density at radius 2 is 2.00 bits per heavy atom. The molecule has 0 aromatic rings. The van der Waals surface area contributed by atoms with Crippen LogP contribution < -0.4 is 0 Å². The molecule has 0 N–H and O–H groups in total. The maximum atomic E-state index is 9.78. The summed E-state index contributed by atoms with van der Waals surface area (Å²) in [5.41, 5.74) is 0. The van der Waals surface area contributed by atoms with E-state index in [0.717, 1.165) is 25.4 Å². The molecule has 62 valence electrons. The zero-order chi connectivity index (χ0) is 8.36. The molecule has 0 aromatic carbocycles. The van der Waals surface area contributed by atoms with E-state index in [1.54, 1.807) is 0 Å². The third-order valence-corrected chi connectivity index (χ3v) is 1.90. The summed E-state index contributed by atoms with van der Waals surface area (Å²) in [5, 5.41) is 1.09. The van der Waals surface area contributed by atoms with Crippen LogP contribution in [0.4, 0.5) is 0 Å². The molecule has 0 aromatic heterocycles. The first-order valence-electron chi connectivity index (χ1n) is 3.91. The predicted molar refractivity (Wildman–Crippen MR) is 52.1 cm³/mol. The topological polar surface area (TPSA) is 29.4 Å². The van der Waals surface area contributed by atoms with Gasteiger partial charge in [0.15, 0.2) is 0 Å². The molecule has 0 rings (SSSR count). The van der Waals surface area contributed by atoms with Crippen LogP contribution in [0, 0.1) is 0 Å². The molecule has 4 heteroatoms. The molecule has 0 fully saturated rings. The van der Waals surface area contributed by atoms with Crippen LogP contribution >= 0.6 is 15.9 Å². The van der Waals surface area contributed by atoms with Gasteiger partial charge in [0.25, 0.3) is 0 Å². The number of aliphatic imine (C=N–C) groups is 1. The van der Waals surface area contributed by atoms with Gasteiger partial charge in [0.2, 0.25) is 0 Å². The summed E-state index contributed by atoms with van der Waals surface area (Å²) in [6, 6.07) is 0. The van der Waals surface area contributed by atoms with Gasteiger partial charge in [-0.1, -0.05) is 0 Å². The van der Waals surface area contributed by atoms with E-state index in [1.165, 1.54) is 25.4 Å². The second kappa shape index (κ2) is 10.0. The summed E-state index contributed by atoms with van der Waals surface area (Å²) < 4.78 is 9.78. The standard InChI is InChI=1S/C7H13BBrNO/c9-5-3-1-2-4-6-10-7-8-11/h7H,1-6H2/b10-7-. The number of rotatable bonds is 7. The Labute approximate surface area is 76.9 Å². The van der Waals surface area contributed by atoms with Crippen molar-refractivity contribution in [3.05, 3.63) is 0 Å². The molecule has 0 radical (unpaired) electrons. The van der Waals surface area contributed by atoms with E-state index in [0.29, 0.717) is 0 Å². The quantitative estimate of drug-likeness (QED) is 0.278. The number of nitrogens with zero attached hydrogens (tertiary/aromatic N) is 1. The molecule has 0 unspecified atom stereocenters. The van der Waals surface area contributed by atoms with Crippen molar-refractivity contribution in [3.8, 4) is 0 Å². The molecule has 0 aliphatic heterocycles. The third kappa shape index (κ3) is 10.0. The van der Waals surface area contributed by atoms with Gasteiger partial charge in [-0.05, 0) is 0 Å². The number of alkyl halides is 1. The Morgan fingerprint density at radius 1 is 1.27 bits per heavy atom. The average Bonchev–Trinajstić information content (AvgIpc) is 2.03. The molecule has 0 atom stereocenters. The van der Waals surface area contributed by atoms with Crippen LogP contribution in [0.1, 0.15) is 25.7 Å². The monoisotopic (exact) mass is 217 g/mol. The van der Waals surface area contributed by atoms with Crippen molar-refractivity contribution < 1.29 is 4.70 Å². The van der Waals surface area contributed by atoms with Crippen LogP contribution in [-0.2, 0) is 4.70 Å². The van der Waals surface area contributed by atoms with Crippen LogP contribution in [0.3, 0.4) is 0 Å². The minimum absolute atomic E-state index is 0.721. The summed E-state index contributed by atoms with van der Waals surface area (Å²) in [6.45, 7) is 0.793. The molecule has 0 aliphatic rings. The van der Waals surface area contributed by atoms with E-state index < -0.39 is 0 Å². The summed E-state index contributed by atoms with van der Waals surface area (Å²) >= 11 is 3.37. The van der Waals surface area contributed by atoms with Crippen molar-refractivity contribution in [2.24, 2.45) is 4.99 Å². The van der Waals surface area contributed by atoms with E-state index in [9.17, 15) is 4.70 Å². The number of halogens is 1. The van der Waals surface area contributed by atoms with Gasteiger partial charge in [-0.2, -0.15) is 0 Å². The van der Waals surface area contributed by atoms with Crippen LogP contribution in [0.2, 0.25) is 0 Å². The molecule has 0 spiro atoms. The van der Waals surface area contributed by atoms with E-state index in [1.807, 2.05) is 0 Å². The Hall–Kier alpha value is 0.0149. The molecule has 0 bridgehead atoms. The van der Waals surface area contributed by atoms with Gasteiger partial charge in [0.1, 0.15) is 0 Å². The van der Waals surface area contributed by atoms with E-state index in [4.69, 9.17) is 0 Å². The number of hydrogen-bond donors (Lipinski definition) is 0. The Bertz CT molecular complexity index is 119. The van der Waals surface area contributed by atoms with Gasteiger partial charge in [-0.3, -0.25) is 0 Å². The number of unbranched alkanes of at least 4 members (excludes halogenated alkanes) is 3. The van der Waals surface area contributed by atoms with Crippen molar-refractivity contribution in [1.29, 1.82) is 0 Å². The van der Waals surface area contributed by atoms with Crippen molar-refractivity contribution in [3.63, 3.8) is 0 Å². The summed E-state index contributed by atoms with van der Waals surface area (Å²) in [7, 11) is 0.721. The van der Waals surface area contributed by atoms with E-state index in [2.05, 4.69) is 20.9 Å². The van der Waals surface area contributed by atoms with Gasteiger partial charge in [0, 0.05) is 0 Å². The molecule has 0 amide bonds. The molecular weight excluding hydrogens is 205 g/mol. The van der Waals surface area contributed by atoms with Gasteiger partial charge in [-0.25, -0.2) is 0 Å². The van der Waals surface area contributed by atoms with Gasteiger partial charge in [-0.15, -0.1) is 0 Å². The van der Waals surface area contributed by atoms with Crippen molar-refractivity contribution in [2.75, 3.05) is 11.9 Å². The van der Waals surface area contributed by atoms with Crippen molar-refractivity contribution in [2.45, 2.75) is 25.7 Å². The first-order chi connectivity index (χ1) is 5.41. The first kappa shape index (κ1) is 11.0. The SMILES string of the molecule is O=B/C=N\CCCCCCBr. The summed E-state index contributed by atoms with van der Waals surface area (Å²) in [5.74, 6) is 0. The van der Waals surface area contributed by atoms with Gasteiger partial charge in [0.05, 0.1) is 0 Å². The summed E-state index contributed by atoms with van der Waals surface area (Å²) in [4.78, 5) is 3.88. The van der Waals surface area contributed by atoms with Crippen LogP contribution in [-0.4, -0.2) is 25.1 Å². The molecule has 0 saturated carbocycles. The Morgan fingerprint density at radius 3 is 2.64 bits per heavy atom. The molecule has 2 nitrogen and oxygen atoms in total. The number of hydrogen-bond acceptors (Lipinski definition) is 2. The second-order valence-electron chi connectivity index (χ2n) is 2.29. The molecule has 11 heavy (non-hydrogen) atoms. The fourth-order valence-electron chi connectivity index (χ4n) is 0.769. The molecule has 0 saturated heterocycles. The van der Waals surface area contributed by atoms with Gasteiger partial charge < -0.3 is 0 Å². The zero-order valence-electron chi connectivity index (χ0n) is 6.63. The zero-order valence-corrected chi connectivity index (χ0v) is 8.22. The van der Waals surface area contributed by atoms with E-state index >= 15 is 0 Å². The molecular formula is C7H13BBrNO. The Balaban J connectivity index is 2.90. The van der Waals surface area contributed by atoms with E-state index in [-0.39, 0.29) is 0 Å². The second-order valence-corrected chi connectivity index (χ2v) is 3.09. The fourth-order valence-corrected chi connectivity index (χ4v) is 1.17. The normalized spacial score (nSPS) is 10.3. The predicted octanol–water partition coefficient (Wildman–Crippen LogP) is 2.02. The molecule has 0 aliphatic carbocycles. The maximum absolute atomic E-state index is 9.78. The van der Waals surface area contributed by atoms with Crippen molar-refractivity contribution >= 4 is 29.2 Å². The Kier molecular flexibility index (Phi) is 10.0. The average molecular weight is 218 g/mol. The fraction of sp³-hybridized carbons (Fsp3) is 0.857. The first-order valence-corrected chi connectivity index (χ1v) is 5.03. The van der Waals surface area contributed by atoms with Crippen LogP contribution in [0.5, 0.6) is 0 Å². The minimum atomic E-state index is 0.721. The third-order valence-electron chi connectivity index (χ3n) is 1.34. The van der Waals surface area contributed by atoms with Crippen LogP contribution in [0.25, 0.3) is 0 Å². The van der Waals surface area contributed by atoms with Crippen LogP contribution in [0.15, 0.2) is 4.99 Å². The van der Waals surface area contributed by atoms with Crippen molar-refractivity contribution in [1.82, 2.24) is 0 Å².